The number of amides is 2. The molecule has 0 unspecified atom stereocenters. The Bertz CT molecular complexity index is 1480. The van der Waals surface area contributed by atoms with Gasteiger partial charge in [-0.2, -0.15) is 0 Å². The average molecular weight is 628 g/mol. The Morgan fingerprint density at radius 1 is 1.00 bits per heavy atom. The van der Waals surface area contributed by atoms with Gasteiger partial charge in [0, 0.05) is 37.0 Å². The van der Waals surface area contributed by atoms with E-state index in [0.29, 0.717) is 28.4 Å². The van der Waals surface area contributed by atoms with Crippen molar-refractivity contribution in [3.8, 4) is 5.75 Å². The van der Waals surface area contributed by atoms with Gasteiger partial charge in [0.25, 0.3) is 0 Å². The summed E-state index contributed by atoms with van der Waals surface area (Å²) in [6.45, 7) is 5.96. The number of halogens is 1. The Balaban J connectivity index is 1.93. The highest BCUT2D eigenvalue weighted by Crippen LogP contribution is 2.29. The average Bonchev–Trinajstić information content (AvgIpc) is 2.98. The van der Waals surface area contributed by atoms with Crippen molar-refractivity contribution < 1.29 is 22.7 Å². The topological polar surface area (TPSA) is 96.0 Å². The maximum absolute atomic E-state index is 14.0. The number of anilines is 1. The first kappa shape index (κ1) is 33.9. The molecule has 3 aromatic carbocycles. The summed E-state index contributed by atoms with van der Waals surface area (Å²) in [5, 5.41) is 3.52. The van der Waals surface area contributed by atoms with E-state index in [9.17, 15) is 18.0 Å². The molecule has 0 fully saturated rings. The second kappa shape index (κ2) is 15.8. The maximum Gasteiger partial charge on any atom is 0.243 e. The number of nitrogens with zero attached hydrogens (tertiary/aromatic N) is 2. The number of methoxy groups -OCH3 is 1. The number of nitrogens with one attached hydrogen (secondary N) is 1. The van der Waals surface area contributed by atoms with Crippen LogP contribution in [0.15, 0.2) is 72.8 Å². The summed E-state index contributed by atoms with van der Waals surface area (Å²) in [5.41, 5.74) is 2.86. The van der Waals surface area contributed by atoms with Gasteiger partial charge in [-0.05, 0) is 67.6 Å². The molecule has 0 saturated carbocycles. The highest BCUT2D eigenvalue weighted by molar-refractivity contribution is 7.92. The first-order valence-electron chi connectivity index (χ1n) is 14.4. The Kier molecular flexibility index (Phi) is 12.5. The normalized spacial score (nSPS) is 12.7. The molecule has 0 aliphatic rings. The lowest BCUT2D eigenvalue weighted by Gasteiger charge is -2.33. The summed E-state index contributed by atoms with van der Waals surface area (Å²) in [6.07, 6.45) is 2.50. The highest BCUT2D eigenvalue weighted by atomic mass is 35.5. The molecular formula is C33H42ClN3O5S. The fraction of sp³-hybridized carbons (Fsp3) is 0.394. The van der Waals surface area contributed by atoms with Gasteiger partial charge < -0.3 is 15.0 Å². The van der Waals surface area contributed by atoms with Gasteiger partial charge in [-0.3, -0.25) is 13.9 Å². The van der Waals surface area contributed by atoms with Gasteiger partial charge in [-0.1, -0.05) is 67.1 Å². The number of benzene rings is 3. The van der Waals surface area contributed by atoms with E-state index in [2.05, 4.69) is 5.32 Å². The minimum absolute atomic E-state index is 0.0392. The van der Waals surface area contributed by atoms with Crippen molar-refractivity contribution in [3.05, 3.63) is 94.5 Å². The van der Waals surface area contributed by atoms with Crippen molar-refractivity contribution in [3.63, 3.8) is 0 Å². The van der Waals surface area contributed by atoms with Crippen LogP contribution in [0.1, 0.15) is 49.8 Å². The van der Waals surface area contributed by atoms with E-state index in [-0.39, 0.29) is 43.8 Å². The van der Waals surface area contributed by atoms with Crippen LogP contribution in [0.2, 0.25) is 5.02 Å². The molecule has 0 aliphatic heterocycles. The first-order valence-corrected chi connectivity index (χ1v) is 16.7. The van der Waals surface area contributed by atoms with Crippen LogP contribution in [0, 0.1) is 6.92 Å². The number of sulfonamides is 1. The van der Waals surface area contributed by atoms with Gasteiger partial charge in [0.15, 0.2) is 0 Å². The van der Waals surface area contributed by atoms with Crippen molar-refractivity contribution in [1.82, 2.24) is 10.2 Å². The molecule has 0 aromatic heterocycles. The van der Waals surface area contributed by atoms with E-state index >= 15 is 0 Å². The minimum Gasteiger partial charge on any atom is -0.497 e. The summed E-state index contributed by atoms with van der Waals surface area (Å²) in [6, 6.07) is 21.3. The highest BCUT2D eigenvalue weighted by Gasteiger charge is 2.31. The third-order valence-electron chi connectivity index (χ3n) is 7.42. The molecule has 10 heteroatoms. The molecule has 43 heavy (non-hydrogen) atoms. The van der Waals surface area contributed by atoms with Crippen LogP contribution in [0.4, 0.5) is 5.69 Å². The van der Waals surface area contributed by atoms with E-state index in [1.165, 1.54) is 4.31 Å². The molecule has 3 rings (SSSR count). The fourth-order valence-electron chi connectivity index (χ4n) is 4.81. The first-order chi connectivity index (χ1) is 20.4. The summed E-state index contributed by atoms with van der Waals surface area (Å²) >= 11 is 6.28. The van der Waals surface area contributed by atoms with Gasteiger partial charge >= 0.3 is 0 Å². The lowest BCUT2D eigenvalue weighted by atomic mass is 10.0. The van der Waals surface area contributed by atoms with Crippen LogP contribution in [0.25, 0.3) is 0 Å². The number of rotatable bonds is 15. The third-order valence-corrected chi connectivity index (χ3v) is 9.01. The molecule has 0 radical (unpaired) electrons. The fourth-order valence-corrected chi connectivity index (χ4v) is 6.00. The summed E-state index contributed by atoms with van der Waals surface area (Å²) in [7, 11) is -2.07. The number of hydrogen-bond donors (Lipinski definition) is 1. The molecule has 3 aromatic rings. The van der Waals surface area contributed by atoms with E-state index < -0.39 is 16.1 Å². The predicted octanol–water partition coefficient (Wildman–Crippen LogP) is 5.76. The van der Waals surface area contributed by atoms with Crippen LogP contribution in [0.3, 0.4) is 0 Å². The van der Waals surface area contributed by atoms with Crippen LogP contribution in [-0.4, -0.2) is 57.1 Å². The number of hydrogen-bond acceptors (Lipinski definition) is 5. The Hall–Kier alpha value is -3.56. The lowest BCUT2D eigenvalue weighted by molar-refractivity contribution is -0.141. The quantitative estimate of drug-likeness (QED) is 0.231. The molecule has 1 N–H and O–H groups in total. The van der Waals surface area contributed by atoms with Crippen LogP contribution in [0.5, 0.6) is 5.75 Å². The maximum atomic E-state index is 14.0. The van der Waals surface area contributed by atoms with Gasteiger partial charge in [-0.15, -0.1) is 0 Å². The summed E-state index contributed by atoms with van der Waals surface area (Å²) in [4.78, 5) is 29.3. The molecule has 0 spiro atoms. The third kappa shape index (κ3) is 9.73. The zero-order chi connectivity index (χ0) is 31.6. The van der Waals surface area contributed by atoms with Gasteiger partial charge in [-0.25, -0.2) is 8.42 Å². The molecule has 2 atom stereocenters. The van der Waals surface area contributed by atoms with Crippen molar-refractivity contribution in [2.24, 2.45) is 0 Å². The van der Waals surface area contributed by atoms with Gasteiger partial charge in [0.2, 0.25) is 21.8 Å². The standard InChI is InChI=1S/C33H42ClN3O5S/c1-6-24(2)35-33(39)31(22-26-13-8-7-9-14-26)36(23-27-15-10-16-28(21-27)42-4)32(38)19-12-20-37(43(5,40)41)30-18-11-17-29(34)25(30)3/h7-11,13-18,21,24,31H,6,12,19-20,22-23H2,1-5H3,(H,35,39)/t24-,31+/m1/s1. The van der Waals surface area contributed by atoms with Crippen LogP contribution < -0.4 is 14.4 Å². The van der Waals surface area contributed by atoms with E-state index in [1.54, 1.807) is 37.1 Å². The Morgan fingerprint density at radius 3 is 2.33 bits per heavy atom. The lowest BCUT2D eigenvalue weighted by Crippen LogP contribution is -2.52. The van der Waals surface area contributed by atoms with Crippen molar-refractivity contribution in [2.45, 2.75) is 65.1 Å². The van der Waals surface area contributed by atoms with E-state index in [1.807, 2.05) is 68.4 Å². The van der Waals surface area contributed by atoms with Crippen molar-refractivity contribution in [2.75, 3.05) is 24.2 Å². The summed E-state index contributed by atoms with van der Waals surface area (Å²) < 4.78 is 32.2. The van der Waals surface area contributed by atoms with Crippen LogP contribution >= 0.6 is 11.6 Å². The van der Waals surface area contributed by atoms with E-state index in [4.69, 9.17) is 16.3 Å². The SMILES string of the molecule is CC[C@@H](C)NC(=O)[C@H](Cc1ccccc1)N(Cc1cccc(OC)c1)C(=O)CCCN(c1cccc(Cl)c1C)S(C)(=O)=O. The largest absolute Gasteiger partial charge is 0.497 e. The predicted molar refractivity (Wildman–Crippen MR) is 173 cm³/mol. The Labute approximate surface area is 261 Å². The van der Waals surface area contributed by atoms with Gasteiger partial charge in [0.1, 0.15) is 11.8 Å². The molecule has 232 valence electrons. The monoisotopic (exact) mass is 627 g/mol. The van der Waals surface area contributed by atoms with E-state index in [0.717, 1.165) is 23.8 Å². The van der Waals surface area contributed by atoms with Gasteiger partial charge in [0.05, 0.1) is 19.1 Å². The molecule has 2 amide bonds. The zero-order valence-electron chi connectivity index (χ0n) is 25.5. The van der Waals surface area contributed by atoms with Crippen molar-refractivity contribution in [1.29, 1.82) is 0 Å². The van der Waals surface area contributed by atoms with Crippen molar-refractivity contribution >= 4 is 39.1 Å². The molecule has 0 saturated heterocycles. The smallest absolute Gasteiger partial charge is 0.243 e. The summed E-state index contributed by atoms with van der Waals surface area (Å²) in [5.74, 6) is 0.162. The molecular weight excluding hydrogens is 586 g/mol. The molecule has 0 aliphatic carbocycles. The number of carbonyl (C=O) groups excluding carboxylic acids is 2. The second-order valence-corrected chi connectivity index (χ2v) is 13.0. The molecule has 8 nitrogen and oxygen atoms in total. The van der Waals surface area contributed by atoms with Crippen LogP contribution in [-0.2, 0) is 32.6 Å². The zero-order valence-corrected chi connectivity index (χ0v) is 27.1. The number of carbonyl (C=O) groups is 2. The minimum atomic E-state index is -3.65. The Morgan fingerprint density at radius 2 is 1.67 bits per heavy atom. The second-order valence-electron chi connectivity index (χ2n) is 10.7. The number of ether oxygens (including phenoxy) is 1. The molecule has 0 heterocycles. The molecule has 0 bridgehead atoms.